The number of sulfonamides is 1. The average Bonchev–Trinajstić information content (AvgIpc) is 2.70. The van der Waals surface area contributed by atoms with E-state index in [1.807, 2.05) is 6.07 Å². The van der Waals surface area contributed by atoms with Gasteiger partial charge in [-0.25, -0.2) is 12.7 Å². The normalized spacial score (nSPS) is 14.7. The number of hydrogen-bond acceptors (Lipinski definition) is 4. The standard InChI is InChI=1S/C19H20F3N3O3S/c1-24(10-8-16-4-2-3-9-23-16)29(27,28)17-6-5-14-7-11-25(13-15(14)12-17)18(26)19(20,21)22/h2-6,9,12H,7-8,10-11,13H2,1H3. The molecule has 1 aromatic heterocycles. The summed E-state index contributed by atoms with van der Waals surface area (Å²) < 4.78 is 65.0. The molecule has 1 amide bonds. The lowest BCUT2D eigenvalue weighted by molar-refractivity contribution is -0.186. The average molecular weight is 427 g/mol. The van der Waals surface area contributed by atoms with Gasteiger partial charge >= 0.3 is 12.1 Å². The topological polar surface area (TPSA) is 70.6 Å². The lowest BCUT2D eigenvalue weighted by Crippen LogP contribution is -2.43. The maximum absolute atomic E-state index is 12.9. The lowest BCUT2D eigenvalue weighted by atomic mass is 10.00. The van der Waals surface area contributed by atoms with E-state index in [1.54, 1.807) is 24.4 Å². The zero-order chi connectivity index (χ0) is 21.2. The Bertz CT molecular complexity index is 995. The Morgan fingerprint density at radius 2 is 1.97 bits per heavy atom. The number of aromatic nitrogens is 1. The molecular formula is C19H20F3N3O3S. The molecule has 3 rings (SSSR count). The van der Waals surface area contributed by atoms with Crippen LogP contribution in [0, 0.1) is 0 Å². The minimum absolute atomic E-state index is 0.0129. The first-order valence-corrected chi connectivity index (χ1v) is 10.4. The van der Waals surface area contributed by atoms with Crippen LogP contribution in [0.3, 0.4) is 0 Å². The van der Waals surface area contributed by atoms with Crippen molar-refractivity contribution in [3.05, 3.63) is 59.4 Å². The van der Waals surface area contributed by atoms with Crippen LogP contribution >= 0.6 is 0 Å². The minimum atomic E-state index is -4.95. The van der Waals surface area contributed by atoms with Crippen LogP contribution in [0.1, 0.15) is 16.8 Å². The molecular weight excluding hydrogens is 407 g/mol. The molecule has 2 heterocycles. The van der Waals surface area contributed by atoms with Crippen LogP contribution < -0.4 is 0 Å². The van der Waals surface area contributed by atoms with Gasteiger partial charge in [0.15, 0.2) is 0 Å². The first-order chi connectivity index (χ1) is 13.6. The Balaban J connectivity index is 1.76. The number of rotatable bonds is 5. The van der Waals surface area contributed by atoms with Crippen molar-refractivity contribution < 1.29 is 26.4 Å². The minimum Gasteiger partial charge on any atom is -0.330 e. The van der Waals surface area contributed by atoms with Gasteiger partial charge in [-0.3, -0.25) is 9.78 Å². The summed E-state index contributed by atoms with van der Waals surface area (Å²) in [6.45, 7) is -0.120. The second kappa shape index (κ2) is 8.11. The second-order valence-corrected chi connectivity index (χ2v) is 8.85. The summed E-state index contributed by atoms with van der Waals surface area (Å²) in [5.74, 6) is -1.91. The summed E-state index contributed by atoms with van der Waals surface area (Å²) in [6.07, 6.45) is -2.66. The summed E-state index contributed by atoms with van der Waals surface area (Å²) in [7, 11) is -2.39. The van der Waals surface area contributed by atoms with Crippen molar-refractivity contribution in [1.29, 1.82) is 0 Å². The van der Waals surface area contributed by atoms with Crippen molar-refractivity contribution in [1.82, 2.24) is 14.2 Å². The molecule has 0 spiro atoms. The zero-order valence-corrected chi connectivity index (χ0v) is 16.5. The van der Waals surface area contributed by atoms with Gasteiger partial charge in [0.05, 0.1) is 4.90 Å². The van der Waals surface area contributed by atoms with Crippen LogP contribution in [0.2, 0.25) is 0 Å². The Morgan fingerprint density at radius 1 is 1.21 bits per heavy atom. The highest BCUT2D eigenvalue weighted by molar-refractivity contribution is 7.89. The van der Waals surface area contributed by atoms with E-state index in [1.165, 1.54) is 23.5 Å². The monoisotopic (exact) mass is 427 g/mol. The number of alkyl halides is 3. The van der Waals surface area contributed by atoms with Crippen LogP contribution in [0.4, 0.5) is 13.2 Å². The molecule has 1 aliphatic rings. The van der Waals surface area contributed by atoms with E-state index in [0.29, 0.717) is 16.9 Å². The summed E-state index contributed by atoms with van der Waals surface area (Å²) in [5, 5.41) is 0. The first kappa shape index (κ1) is 21.3. The highest BCUT2D eigenvalue weighted by Crippen LogP contribution is 2.27. The molecule has 0 bridgehead atoms. The van der Waals surface area contributed by atoms with Crippen molar-refractivity contribution in [2.24, 2.45) is 0 Å². The maximum atomic E-state index is 12.9. The number of nitrogens with zero attached hydrogens (tertiary/aromatic N) is 3. The van der Waals surface area contributed by atoms with E-state index in [9.17, 15) is 26.4 Å². The van der Waals surface area contributed by atoms with E-state index in [4.69, 9.17) is 0 Å². The first-order valence-electron chi connectivity index (χ1n) is 8.93. The van der Waals surface area contributed by atoms with Crippen molar-refractivity contribution >= 4 is 15.9 Å². The fourth-order valence-electron chi connectivity index (χ4n) is 3.16. The van der Waals surface area contributed by atoms with Crippen LogP contribution in [0.5, 0.6) is 0 Å². The third-order valence-corrected chi connectivity index (χ3v) is 6.69. The smallest absolute Gasteiger partial charge is 0.330 e. The molecule has 0 saturated carbocycles. The van der Waals surface area contributed by atoms with Gasteiger partial charge in [-0.15, -0.1) is 0 Å². The number of carbonyl (C=O) groups is 1. The Kier molecular flexibility index (Phi) is 5.95. The van der Waals surface area contributed by atoms with Gasteiger partial charge in [0.2, 0.25) is 10.0 Å². The summed E-state index contributed by atoms with van der Waals surface area (Å²) >= 11 is 0. The van der Waals surface area contributed by atoms with Gasteiger partial charge < -0.3 is 4.90 Å². The molecule has 10 heteroatoms. The van der Waals surface area contributed by atoms with Crippen molar-refractivity contribution in [3.63, 3.8) is 0 Å². The SMILES string of the molecule is CN(CCc1ccccn1)S(=O)(=O)c1ccc2c(c1)CN(C(=O)C(F)(F)F)CC2. The molecule has 0 radical (unpaired) electrons. The van der Waals surface area contributed by atoms with Gasteiger partial charge in [0.1, 0.15) is 0 Å². The number of halogens is 3. The van der Waals surface area contributed by atoms with Crippen LogP contribution in [0.25, 0.3) is 0 Å². The Hall–Kier alpha value is -2.46. The van der Waals surface area contributed by atoms with Gasteiger partial charge in [-0.05, 0) is 41.8 Å². The fourth-order valence-corrected chi connectivity index (χ4v) is 4.39. The van der Waals surface area contributed by atoms with Crippen LogP contribution in [0.15, 0.2) is 47.5 Å². The molecule has 29 heavy (non-hydrogen) atoms. The summed E-state index contributed by atoms with van der Waals surface area (Å²) in [4.78, 5) is 16.3. The highest BCUT2D eigenvalue weighted by Gasteiger charge is 2.43. The summed E-state index contributed by atoms with van der Waals surface area (Å²) in [6, 6.07) is 9.79. The van der Waals surface area contributed by atoms with Crippen LogP contribution in [-0.2, 0) is 34.2 Å². The molecule has 0 N–H and O–H groups in total. The molecule has 0 atom stereocenters. The number of fused-ring (bicyclic) bond motifs is 1. The zero-order valence-electron chi connectivity index (χ0n) is 15.7. The highest BCUT2D eigenvalue weighted by atomic mass is 32.2. The van der Waals surface area contributed by atoms with E-state index < -0.39 is 22.1 Å². The fraction of sp³-hybridized carbons (Fsp3) is 0.368. The quantitative estimate of drug-likeness (QED) is 0.735. The molecule has 0 unspecified atom stereocenters. The van der Waals surface area contributed by atoms with Crippen molar-refractivity contribution in [3.8, 4) is 0 Å². The third-order valence-electron chi connectivity index (χ3n) is 4.84. The van der Waals surface area contributed by atoms with E-state index >= 15 is 0 Å². The van der Waals surface area contributed by atoms with Gasteiger partial charge in [-0.2, -0.15) is 13.2 Å². The van der Waals surface area contributed by atoms with Gasteiger partial charge in [0.25, 0.3) is 0 Å². The third kappa shape index (κ3) is 4.76. The number of benzene rings is 1. The number of carbonyl (C=O) groups excluding carboxylic acids is 1. The Morgan fingerprint density at radius 3 is 2.62 bits per heavy atom. The molecule has 2 aromatic rings. The molecule has 0 fully saturated rings. The Labute approximate surface area is 167 Å². The number of likely N-dealkylation sites (N-methyl/N-ethyl adjacent to an activating group) is 1. The number of pyridine rings is 1. The molecule has 0 aliphatic carbocycles. The van der Waals surface area contributed by atoms with E-state index in [-0.39, 0.29) is 31.0 Å². The number of amides is 1. The van der Waals surface area contributed by atoms with Crippen molar-refractivity contribution in [2.75, 3.05) is 20.1 Å². The predicted octanol–water partition coefficient (Wildman–Crippen LogP) is 2.39. The number of hydrogen-bond donors (Lipinski definition) is 0. The molecule has 156 valence electrons. The van der Waals surface area contributed by atoms with E-state index in [2.05, 4.69) is 4.98 Å². The summed E-state index contributed by atoms with van der Waals surface area (Å²) in [5.41, 5.74) is 1.90. The predicted molar refractivity (Wildman–Crippen MR) is 99.4 cm³/mol. The van der Waals surface area contributed by atoms with Gasteiger partial charge in [-0.1, -0.05) is 12.1 Å². The molecule has 1 aromatic carbocycles. The van der Waals surface area contributed by atoms with E-state index in [0.717, 1.165) is 11.3 Å². The lowest BCUT2D eigenvalue weighted by Gasteiger charge is -2.30. The molecule has 1 aliphatic heterocycles. The maximum Gasteiger partial charge on any atom is 0.471 e. The van der Waals surface area contributed by atoms with Crippen molar-refractivity contribution in [2.45, 2.75) is 30.5 Å². The van der Waals surface area contributed by atoms with Crippen LogP contribution in [-0.4, -0.2) is 54.8 Å². The van der Waals surface area contributed by atoms with Gasteiger partial charge in [0, 0.05) is 45.0 Å². The largest absolute Gasteiger partial charge is 0.471 e. The molecule has 0 saturated heterocycles. The second-order valence-electron chi connectivity index (χ2n) is 6.80. The molecule has 6 nitrogen and oxygen atoms in total.